The Bertz CT molecular complexity index is 695. The van der Waals surface area contributed by atoms with Gasteiger partial charge >= 0.3 is 6.03 Å². The molecule has 5 nitrogen and oxygen atoms in total. The van der Waals surface area contributed by atoms with Crippen LogP contribution in [0.1, 0.15) is 25.3 Å². The third kappa shape index (κ3) is 7.35. The third-order valence-corrected chi connectivity index (χ3v) is 3.29. The summed E-state index contributed by atoms with van der Waals surface area (Å²) in [4.78, 5) is 11.8. The molecule has 0 radical (unpaired) electrons. The number of hydrogen-bond donors (Lipinski definition) is 2. The van der Waals surface area contributed by atoms with Crippen molar-refractivity contribution in [3.05, 3.63) is 66.2 Å². The molecule has 2 aromatic rings. The molecule has 25 heavy (non-hydrogen) atoms. The van der Waals surface area contributed by atoms with Crippen molar-refractivity contribution in [2.24, 2.45) is 5.10 Å². The molecule has 130 valence electrons. The lowest BCUT2D eigenvalue weighted by atomic mass is 10.2. The Labute approximate surface area is 148 Å². The molecule has 0 aliphatic heterocycles. The quantitative estimate of drug-likeness (QED) is 0.417. The van der Waals surface area contributed by atoms with Crippen molar-refractivity contribution in [1.29, 1.82) is 0 Å². The molecule has 0 heterocycles. The largest absolute Gasteiger partial charge is 0.494 e. The van der Waals surface area contributed by atoms with Gasteiger partial charge in [0.2, 0.25) is 0 Å². The molecular formula is C20H23N3O2. The number of amides is 2. The lowest BCUT2D eigenvalue weighted by Crippen LogP contribution is -2.23. The average Bonchev–Trinajstić information content (AvgIpc) is 2.64. The van der Waals surface area contributed by atoms with Crippen molar-refractivity contribution in [2.45, 2.75) is 19.8 Å². The molecule has 0 atom stereocenters. The number of hydrogen-bond acceptors (Lipinski definition) is 3. The van der Waals surface area contributed by atoms with Gasteiger partial charge < -0.3 is 10.1 Å². The van der Waals surface area contributed by atoms with E-state index < -0.39 is 6.03 Å². The normalized spacial score (nSPS) is 10.9. The Kier molecular flexibility index (Phi) is 7.78. The van der Waals surface area contributed by atoms with Crippen molar-refractivity contribution in [3.8, 4) is 5.75 Å². The lowest BCUT2D eigenvalue weighted by molar-refractivity contribution is 0.252. The molecule has 5 heteroatoms. The summed E-state index contributed by atoms with van der Waals surface area (Å²) in [5, 5.41) is 6.55. The maximum absolute atomic E-state index is 11.8. The van der Waals surface area contributed by atoms with Gasteiger partial charge in [-0.15, -0.1) is 0 Å². The van der Waals surface area contributed by atoms with Crippen LogP contribution in [0.3, 0.4) is 0 Å². The van der Waals surface area contributed by atoms with E-state index in [0.29, 0.717) is 12.3 Å². The molecule has 0 fully saturated rings. The fourth-order valence-corrected chi connectivity index (χ4v) is 1.99. The van der Waals surface area contributed by atoms with Crippen LogP contribution in [0.5, 0.6) is 5.75 Å². The van der Waals surface area contributed by atoms with E-state index in [0.717, 1.165) is 24.2 Å². The molecule has 0 saturated carbocycles. The third-order valence-electron chi connectivity index (χ3n) is 3.29. The first-order valence-corrected chi connectivity index (χ1v) is 8.32. The molecule has 2 amide bonds. The van der Waals surface area contributed by atoms with E-state index in [1.807, 2.05) is 48.5 Å². The number of carbonyl (C=O) groups excluding carboxylic acids is 1. The van der Waals surface area contributed by atoms with Gasteiger partial charge in [-0.2, -0.15) is 5.10 Å². The highest BCUT2D eigenvalue weighted by molar-refractivity contribution is 5.90. The second-order valence-corrected chi connectivity index (χ2v) is 5.34. The van der Waals surface area contributed by atoms with E-state index in [-0.39, 0.29) is 0 Å². The zero-order valence-electron chi connectivity index (χ0n) is 14.3. The molecule has 0 spiro atoms. The van der Waals surface area contributed by atoms with Crippen LogP contribution in [0.4, 0.5) is 10.5 Å². The van der Waals surface area contributed by atoms with Crippen LogP contribution in [0.15, 0.2) is 65.8 Å². The summed E-state index contributed by atoms with van der Waals surface area (Å²) in [6, 6.07) is 16.7. The predicted octanol–water partition coefficient (Wildman–Crippen LogP) is 4.69. The van der Waals surface area contributed by atoms with Crippen LogP contribution in [0, 0.1) is 0 Å². The Morgan fingerprint density at radius 1 is 1.12 bits per heavy atom. The number of allylic oxidation sites excluding steroid dienone is 1. The zero-order chi connectivity index (χ0) is 17.7. The number of carbonyl (C=O) groups is 1. The number of rotatable bonds is 8. The number of unbranched alkanes of at least 4 members (excludes halogenated alkanes) is 1. The van der Waals surface area contributed by atoms with Gasteiger partial charge in [-0.25, -0.2) is 10.2 Å². The molecule has 0 aliphatic rings. The van der Waals surface area contributed by atoms with E-state index >= 15 is 0 Å². The smallest absolute Gasteiger partial charge is 0.339 e. The summed E-state index contributed by atoms with van der Waals surface area (Å²) >= 11 is 0. The Morgan fingerprint density at radius 3 is 2.60 bits per heavy atom. The van der Waals surface area contributed by atoms with Gasteiger partial charge in [-0.1, -0.05) is 49.8 Å². The number of ether oxygens (including phenoxy) is 1. The maximum atomic E-state index is 11.8. The van der Waals surface area contributed by atoms with E-state index in [1.54, 1.807) is 18.2 Å². The fraction of sp³-hybridized carbons (Fsp3) is 0.200. The zero-order valence-corrected chi connectivity index (χ0v) is 14.3. The second kappa shape index (κ2) is 10.6. The summed E-state index contributed by atoms with van der Waals surface area (Å²) in [6.07, 6.45) is 7.32. The van der Waals surface area contributed by atoms with E-state index in [4.69, 9.17) is 4.74 Å². The molecule has 2 N–H and O–H groups in total. The highest BCUT2D eigenvalue weighted by atomic mass is 16.5. The highest BCUT2D eigenvalue weighted by Gasteiger charge is 2.00. The summed E-state index contributed by atoms with van der Waals surface area (Å²) in [6.45, 7) is 2.82. The number of nitrogens with one attached hydrogen (secondary N) is 2. The van der Waals surface area contributed by atoms with E-state index in [1.165, 1.54) is 6.21 Å². The first-order chi connectivity index (χ1) is 12.3. The van der Waals surface area contributed by atoms with Crippen LogP contribution in [-0.4, -0.2) is 18.9 Å². The second-order valence-electron chi connectivity index (χ2n) is 5.34. The standard InChI is InChI=1S/C20H23N3O2/c1-2-3-16-25-19-13-11-18(12-14-19)22-20(24)23-21-15-7-10-17-8-5-4-6-9-17/h4-15H,2-3,16H2,1H3,(H2,22,23,24)/b10-7+,21-15?. The van der Waals surface area contributed by atoms with E-state index in [9.17, 15) is 4.79 Å². The molecular weight excluding hydrogens is 314 g/mol. The fourth-order valence-electron chi connectivity index (χ4n) is 1.99. The Hall–Kier alpha value is -3.08. The Morgan fingerprint density at radius 2 is 1.88 bits per heavy atom. The van der Waals surface area contributed by atoms with Gasteiger partial charge in [0.1, 0.15) is 5.75 Å². The van der Waals surface area contributed by atoms with Gasteiger partial charge in [-0.3, -0.25) is 0 Å². The SMILES string of the molecule is CCCCOc1ccc(NC(=O)NN=C/C=C/c2ccccc2)cc1. The molecule has 2 rings (SSSR count). The van der Waals surface area contributed by atoms with Crippen molar-refractivity contribution >= 4 is 24.0 Å². The summed E-state index contributed by atoms with van der Waals surface area (Å²) in [7, 11) is 0. The van der Waals surface area contributed by atoms with Crippen LogP contribution in [0.25, 0.3) is 6.08 Å². The van der Waals surface area contributed by atoms with Crippen molar-refractivity contribution < 1.29 is 9.53 Å². The average molecular weight is 337 g/mol. The maximum Gasteiger partial charge on any atom is 0.339 e. The lowest BCUT2D eigenvalue weighted by Gasteiger charge is -2.07. The number of hydrazone groups is 1. The molecule has 0 aliphatic carbocycles. The topological polar surface area (TPSA) is 62.7 Å². The van der Waals surface area contributed by atoms with Gasteiger partial charge in [0.15, 0.2) is 0 Å². The van der Waals surface area contributed by atoms with Crippen LogP contribution >= 0.6 is 0 Å². The first-order valence-electron chi connectivity index (χ1n) is 8.32. The number of benzene rings is 2. The summed E-state index contributed by atoms with van der Waals surface area (Å²) in [5.74, 6) is 0.795. The molecule has 2 aromatic carbocycles. The summed E-state index contributed by atoms with van der Waals surface area (Å²) in [5.41, 5.74) is 4.16. The van der Waals surface area contributed by atoms with Gasteiger partial charge in [-0.05, 0) is 42.3 Å². The first kappa shape index (κ1) is 18.3. The number of nitrogens with zero attached hydrogens (tertiary/aromatic N) is 1. The predicted molar refractivity (Wildman–Crippen MR) is 103 cm³/mol. The van der Waals surface area contributed by atoms with E-state index in [2.05, 4.69) is 22.8 Å². The minimum absolute atomic E-state index is 0.399. The van der Waals surface area contributed by atoms with Crippen molar-refractivity contribution in [2.75, 3.05) is 11.9 Å². The van der Waals surface area contributed by atoms with Gasteiger partial charge in [0, 0.05) is 11.9 Å². The van der Waals surface area contributed by atoms with Crippen molar-refractivity contribution in [3.63, 3.8) is 0 Å². The highest BCUT2D eigenvalue weighted by Crippen LogP contribution is 2.15. The van der Waals surface area contributed by atoms with Crippen molar-refractivity contribution in [1.82, 2.24) is 5.43 Å². The number of anilines is 1. The molecule has 0 aromatic heterocycles. The van der Waals surface area contributed by atoms with Crippen LogP contribution in [-0.2, 0) is 0 Å². The van der Waals surface area contributed by atoms with Crippen LogP contribution in [0.2, 0.25) is 0 Å². The monoisotopic (exact) mass is 337 g/mol. The summed E-state index contributed by atoms with van der Waals surface area (Å²) < 4.78 is 5.58. The molecule has 0 saturated heterocycles. The van der Waals surface area contributed by atoms with Gasteiger partial charge in [0.25, 0.3) is 0 Å². The minimum atomic E-state index is -0.399. The number of urea groups is 1. The molecule has 0 unspecified atom stereocenters. The van der Waals surface area contributed by atoms with Gasteiger partial charge in [0.05, 0.1) is 6.61 Å². The Balaban J connectivity index is 1.72. The molecule has 0 bridgehead atoms. The van der Waals surface area contributed by atoms with Crippen LogP contribution < -0.4 is 15.5 Å². The minimum Gasteiger partial charge on any atom is -0.494 e.